The Morgan fingerprint density at radius 1 is 0.889 bits per heavy atom. The zero-order valence-corrected chi connectivity index (χ0v) is 9.85. The second-order valence-corrected chi connectivity index (χ2v) is 4.65. The molecule has 2 heteroatoms. The van der Waals surface area contributed by atoms with Crippen LogP contribution in [0.2, 0.25) is 0 Å². The van der Waals surface area contributed by atoms with Gasteiger partial charge in [0.15, 0.2) is 0 Å². The molecule has 0 radical (unpaired) electrons. The number of aromatic nitrogens is 1. The molecule has 18 heavy (non-hydrogen) atoms. The van der Waals surface area contributed by atoms with Crippen LogP contribution in [-0.4, -0.2) is 4.98 Å². The summed E-state index contributed by atoms with van der Waals surface area (Å²) in [6, 6.07) is 18.9. The van der Waals surface area contributed by atoms with Gasteiger partial charge in [-0.05, 0) is 29.3 Å². The van der Waals surface area contributed by atoms with E-state index in [1.165, 1.54) is 22.2 Å². The molecule has 1 aromatic heterocycles. The van der Waals surface area contributed by atoms with Crippen LogP contribution < -0.4 is 5.32 Å². The van der Waals surface area contributed by atoms with Crippen molar-refractivity contribution in [2.45, 2.75) is 6.42 Å². The van der Waals surface area contributed by atoms with Crippen LogP contribution in [0.25, 0.3) is 10.9 Å². The van der Waals surface area contributed by atoms with Gasteiger partial charge < -0.3 is 5.32 Å². The Hall–Kier alpha value is -2.35. The van der Waals surface area contributed by atoms with E-state index in [0.717, 1.165) is 17.8 Å². The van der Waals surface area contributed by atoms with Crippen molar-refractivity contribution >= 4 is 22.4 Å². The van der Waals surface area contributed by atoms with Crippen molar-refractivity contribution in [3.05, 3.63) is 65.7 Å². The number of hydrogen-bond acceptors (Lipinski definition) is 2. The number of para-hydroxylation sites is 2. The Balaban J connectivity index is 1.92. The molecule has 2 aromatic carbocycles. The molecule has 3 aromatic rings. The predicted octanol–water partition coefficient (Wildman–Crippen LogP) is 3.88. The molecule has 0 saturated heterocycles. The molecular weight excluding hydrogens is 220 g/mol. The summed E-state index contributed by atoms with van der Waals surface area (Å²) in [5, 5.41) is 4.63. The molecule has 86 valence electrons. The molecule has 0 fully saturated rings. The topological polar surface area (TPSA) is 24.9 Å². The number of anilines is 2. The molecule has 0 atom stereocenters. The van der Waals surface area contributed by atoms with Gasteiger partial charge in [-0.25, -0.2) is 4.98 Å². The highest BCUT2D eigenvalue weighted by atomic mass is 15.0. The van der Waals surface area contributed by atoms with Gasteiger partial charge >= 0.3 is 0 Å². The number of nitrogens with zero attached hydrogens (tertiary/aromatic N) is 1. The highest BCUT2D eigenvalue weighted by Crippen LogP contribution is 2.32. The van der Waals surface area contributed by atoms with Crippen molar-refractivity contribution in [1.82, 2.24) is 4.98 Å². The molecule has 1 N–H and O–H groups in total. The Morgan fingerprint density at radius 2 is 1.72 bits per heavy atom. The first-order valence-corrected chi connectivity index (χ1v) is 6.14. The largest absolute Gasteiger partial charge is 0.340 e. The van der Waals surface area contributed by atoms with Crippen LogP contribution in [-0.2, 0) is 6.42 Å². The SMILES string of the molecule is c1ccc2c(c1)Cc1cc3ccccc3nc1N2. The average molecular weight is 232 g/mol. The van der Waals surface area contributed by atoms with E-state index in [1.54, 1.807) is 0 Å². The Labute approximate surface area is 105 Å². The van der Waals surface area contributed by atoms with E-state index in [-0.39, 0.29) is 0 Å². The fourth-order valence-electron chi connectivity index (χ4n) is 2.53. The van der Waals surface area contributed by atoms with Crippen LogP contribution in [0, 0.1) is 0 Å². The molecule has 0 bridgehead atoms. The first kappa shape index (κ1) is 9.66. The fraction of sp³-hybridized carbons (Fsp3) is 0.0625. The number of nitrogens with one attached hydrogen (secondary N) is 1. The highest BCUT2D eigenvalue weighted by Gasteiger charge is 2.15. The van der Waals surface area contributed by atoms with Gasteiger partial charge in [0.1, 0.15) is 5.82 Å². The summed E-state index contributed by atoms with van der Waals surface area (Å²) in [5.41, 5.74) is 4.82. The van der Waals surface area contributed by atoms with Crippen molar-refractivity contribution < 1.29 is 0 Å². The summed E-state index contributed by atoms with van der Waals surface area (Å²) in [6.07, 6.45) is 0.955. The number of rotatable bonds is 0. The van der Waals surface area contributed by atoms with E-state index in [0.29, 0.717) is 0 Å². The zero-order chi connectivity index (χ0) is 11.9. The molecule has 4 rings (SSSR count). The van der Waals surface area contributed by atoms with Crippen molar-refractivity contribution in [3.63, 3.8) is 0 Å². The Bertz CT molecular complexity index is 683. The third-order valence-corrected chi connectivity index (χ3v) is 3.45. The quantitative estimate of drug-likeness (QED) is 0.497. The van der Waals surface area contributed by atoms with E-state index in [9.17, 15) is 0 Å². The van der Waals surface area contributed by atoms with Crippen LogP contribution in [0.1, 0.15) is 11.1 Å². The van der Waals surface area contributed by atoms with E-state index >= 15 is 0 Å². The molecule has 1 aliphatic rings. The maximum Gasteiger partial charge on any atom is 0.134 e. The van der Waals surface area contributed by atoms with Gasteiger partial charge in [0.2, 0.25) is 0 Å². The molecule has 0 spiro atoms. The monoisotopic (exact) mass is 232 g/mol. The molecule has 0 amide bonds. The van der Waals surface area contributed by atoms with Crippen LogP contribution >= 0.6 is 0 Å². The van der Waals surface area contributed by atoms with E-state index in [2.05, 4.69) is 53.8 Å². The average Bonchev–Trinajstić information content (AvgIpc) is 2.42. The summed E-state index contributed by atoms with van der Waals surface area (Å²) in [5.74, 6) is 0.993. The first-order valence-electron chi connectivity index (χ1n) is 6.14. The lowest BCUT2D eigenvalue weighted by molar-refractivity contribution is 1.13. The smallest absolute Gasteiger partial charge is 0.134 e. The lowest BCUT2D eigenvalue weighted by Crippen LogP contribution is -2.08. The van der Waals surface area contributed by atoms with Gasteiger partial charge in [0.25, 0.3) is 0 Å². The van der Waals surface area contributed by atoms with Crippen LogP contribution in [0.15, 0.2) is 54.6 Å². The van der Waals surface area contributed by atoms with Crippen molar-refractivity contribution in [2.75, 3.05) is 5.32 Å². The molecule has 1 aliphatic heterocycles. The summed E-state index contributed by atoms with van der Waals surface area (Å²) in [6.45, 7) is 0. The van der Waals surface area contributed by atoms with Gasteiger partial charge in [-0.1, -0.05) is 36.4 Å². The second-order valence-electron chi connectivity index (χ2n) is 4.65. The maximum atomic E-state index is 4.70. The third-order valence-electron chi connectivity index (χ3n) is 3.45. The fourth-order valence-corrected chi connectivity index (χ4v) is 2.53. The minimum atomic E-state index is 0.955. The lowest BCUT2D eigenvalue weighted by atomic mass is 9.98. The normalized spacial score (nSPS) is 12.7. The van der Waals surface area contributed by atoms with E-state index < -0.39 is 0 Å². The summed E-state index contributed by atoms with van der Waals surface area (Å²) < 4.78 is 0. The molecule has 0 unspecified atom stereocenters. The van der Waals surface area contributed by atoms with Crippen LogP contribution in [0.3, 0.4) is 0 Å². The maximum absolute atomic E-state index is 4.70. The highest BCUT2D eigenvalue weighted by molar-refractivity contribution is 5.84. The number of fused-ring (bicyclic) bond motifs is 3. The summed E-state index contributed by atoms with van der Waals surface area (Å²) in [4.78, 5) is 4.70. The van der Waals surface area contributed by atoms with E-state index in [1.807, 2.05) is 6.07 Å². The molecule has 0 saturated carbocycles. The predicted molar refractivity (Wildman–Crippen MR) is 74.3 cm³/mol. The third kappa shape index (κ3) is 1.39. The van der Waals surface area contributed by atoms with E-state index in [4.69, 9.17) is 4.98 Å². The Kier molecular flexibility index (Phi) is 1.92. The number of benzene rings is 2. The Morgan fingerprint density at radius 3 is 2.72 bits per heavy atom. The van der Waals surface area contributed by atoms with Gasteiger partial charge in [-0.15, -0.1) is 0 Å². The van der Waals surface area contributed by atoms with Gasteiger partial charge in [-0.3, -0.25) is 0 Å². The van der Waals surface area contributed by atoms with Crippen molar-refractivity contribution in [2.24, 2.45) is 0 Å². The molecule has 0 aliphatic carbocycles. The molecule has 2 nitrogen and oxygen atoms in total. The standard InChI is InChI=1S/C16H12N2/c1-3-7-14-11(5-1)9-13-10-12-6-2-4-8-15(12)18-16(13)17-14/h1-9H,10H2,(H,17,18). The zero-order valence-electron chi connectivity index (χ0n) is 9.85. The van der Waals surface area contributed by atoms with Crippen LogP contribution in [0.4, 0.5) is 11.5 Å². The van der Waals surface area contributed by atoms with Gasteiger partial charge in [0.05, 0.1) is 5.52 Å². The van der Waals surface area contributed by atoms with Crippen LogP contribution in [0.5, 0.6) is 0 Å². The number of hydrogen-bond donors (Lipinski definition) is 1. The minimum absolute atomic E-state index is 0.955. The minimum Gasteiger partial charge on any atom is -0.340 e. The molecule has 2 heterocycles. The van der Waals surface area contributed by atoms with Crippen molar-refractivity contribution in [1.29, 1.82) is 0 Å². The molecular formula is C16H12N2. The summed E-state index contributed by atoms with van der Waals surface area (Å²) >= 11 is 0. The van der Waals surface area contributed by atoms with Gasteiger partial charge in [0, 0.05) is 17.5 Å². The van der Waals surface area contributed by atoms with Gasteiger partial charge in [-0.2, -0.15) is 0 Å². The second kappa shape index (κ2) is 3.57. The summed E-state index contributed by atoms with van der Waals surface area (Å²) in [7, 11) is 0. The van der Waals surface area contributed by atoms with Crippen molar-refractivity contribution in [3.8, 4) is 0 Å². The number of pyridine rings is 1. The lowest BCUT2D eigenvalue weighted by Gasteiger charge is -2.20. The first-order chi connectivity index (χ1) is 8.90.